The molecule has 0 aliphatic rings. The molecule has 0 aliphatic carbocycles. The molecule has 1 heterocycles. The molecule has 2 aromatic rings. The average molecular weight is 348 g/mol. The first-order valence-corrected chi connectivity index (χ1v) is 8.25. The molecule has 0 atom stereocenters. The van der Waals surface area contributed by atoms with E-state index >= 15 is 0 Å². The van der Waals surface area contributed by atoms with Gasteiger partial charge in [-0.05, 0) is 29.8 Å². The van der Waals surface area contributed by atoms with Crippen LogP contribution in [-0.4, -0.2) is 38.0 Å². The van der Waals surface area contributed by atoms with Crippen molar-refractivity contribution in [1.82, 2.24) is 10.3 Å². The zero-order chi connectivity index (χ0) is 17.4. The molecule has 0 aliphatic heterocycles. The predicted molar refractivity (Wildman–Crippen MR) is 92.9 cm³/mol. The molecular formula is C17H20N2O4S. The molecular weight excluding hydrogens is 328 g/mol. The first-order chi connectivity index (χ1) is 11.7. The fraction of sp³-hybridized carbons (Fsp3) is 0.294. The topological polar surface area (TPSA) is 69.7 Å². The van der Waals surface area contributed by atoms with Gasteiger partial charge in [-0.3, -0.25) is 9.78 Å². The van der Waals surface area contributed by atoms with Crippen LogP contribution in [0.3, 0.4) is 0 Å². The van der Waals surface area contributed by atoms with E-state index in [0.717, 1.165) is 10.5 Å². The summed E-state index contributed by atoms with van der Waals surface area (Å²) in [6.07, 6.45) is 3.41. The summed E-state index contributed by atoms with van der Waals surface area (Å²) >= 11 is 1.46. The Labute approximate surface area is 145 Å². The highest BCUT2D eigenvalue weighted by Gasteiger charge is 2.13. The molecule has 0 fully saturated rings. The molecule has 24 heavy (non-hydrogen) atoms. The van der Waals surface area contributed by atoms with Crippen molar-refractivity contribution >= 4 is 17.7 Å². The van der Waals surface area contributed by atoms with Crippen molar-refractivity contribution < 1.29 is 19.0 Å². The van der Waals surface area contributed by atoms with Crippen LogP contribution in [0.15, 0.2) is 41.6 Å². The molecule has 1 amide bonds. The second-order valence-corrected chi connectivity index (χ2v) is 5.83. The van der Waals surface area contributed by atoms with Crippen LogP contribution in [0.25, 0.3) is 0 Å². The summed E-state index contributed by atoms with van der Waals surface area (Å²) in [7, 11) is 4.67. The number of methoxy groups -OCH3 is 3. The Morgan fingerprint density at radius 1 is 1.08 bits per heavy atom. The van der Waals surface area contributed by atoms with E-state index in [9.17, 15) is 4.79 Å². The molecule has 0 radical (unpaired) electrons. The normalized spacial score (nSPS) is 10.1. The van der Waals surface area contributed by atoms with Gasteiger partial charge in [-0.15, -0.1) is 11.8 Å². The standard InChI is InChI=1S/C17H20N2O4S/c1-21-14-8-12(9-15(22-2)17(14)23-3)10-19-16(20)11-24-13-4-6-18-7-5-13/h4-9H,10-11H2,1-3H3,(H,19,20). The number of hydrogen-bond acceptors (Lipinski definition) is 6. The Kier molecular flexibility index (Phi) is 6.74. The Morgan fingerprint density at radius 2 is 1.71 bits per heavy atom. The van der Waals surface area contributed by atoms with Gasteiger partial charge in [0.2, 0.25) is 11.7 Å². The quantitative estimate of drug-likeness (QED) is 0.739. The lowest BCUT2D eigenvalue weighted by Gasteiger charge is -2.14. The van der Waals surface area contributed by atoms with Gasteiger partial charge >= 0.3 is 0 Å². The number of aromatic nitrogens is 1. The predicted octanol–water partition coefficient (Wildman–Crippen LogP) is 2.52. The maximum Gasteiger partial charge on any atom is 0.230 e. The zero-order valence-corrected chi connectivity index (χ0v) is 14.7. The van der Waals surface area contributed by atoms with Crippen molar-refractivity contribution in [1.29, 1.82) is 0 Å². The van der Waals surface area contributed by atoms with Crippen LogP contribution in [0.4, 0.5) is 0 Å². The number of carbonyl (C=O) groups excluding carboxylic acids is 1. The van der Waals surface area contributed by atoms with E-state index in [1.54, 1.807) is 33.7 Å². The van der Waals surface area contributed by atoms with E-state index in [1.807, 2.05) is 24.3 Å². The van der Waals surface area contributed by atoms with Crippen LogP contribution in [0, 0.1) is 0 Å². The van der Waals surface area contributed by atoms with Crippen LogP contribution < -0.4 is 19.5 Å². The number of carbonyl (C=O) groups is 1. The van der Waals surface area contributed by atoms with Crippen LogP contribution >= 0.6 is 11.8 Å². The van der Waals surface area contributed by atoms with Crippen LogP contribution in [0.1, 0.15) is 5.56 Å². The van der Waals surface area contributed by atoms with Gasteiger partial charge in [0, 0.05) is 23.8 Å². The molecule has 0 bridgehead atoms. The molecule has 2 rings (SSSR count). The number of pyridine rings is 1. The average Bonchev–Trinajstić information content (AvgIpc) is 2.64. The minimum Gasteiger partial charge on any atom is -0.493 e. The fourth-order valence-electron chi connectivity index (χ4n) is 2.07. The Bertz CT molecular complexity index is 655. The third-order valence-electron chi connectivity index (χ3n) is 3.23. The molecule has 7 heteroatoms. The molecule has 0 spiro atoms. The summed E-state index contributed by atoms with van der Waals surface area (Å²) in [4.78, 5) is 16.9. The van der Waals surface area contributed by atoms with Gasteiger partial charge in [-0.25, -0.2) is 0 Å². The molecule has 1 aromatic heterocycles. The number of nitrogens with one attached hydrogen (secondary N) is 1. The fourth-order valence-corrected chi connectivity index (χ4v) is 2.79. The second kappa shape index (κ2) is 9.02. The Hall–Kier alpha value is -2.41. The third-order valence-corrected chi connectivity index (χ3v) is 4.25. The number of hydrogen-bond donors (Lipinski definition) is 1. The van der Waals surface area contributed by atoms with E-state index in [0.29, 0.717) is 29.5 Å². The van der Waals surface area contributed by atoms with E-state index < -0.39 is 0 Å². The van der Waals surface area contributed by atoms with Gasteiger partial charge < -0.3 is 19.5 Å². The maximum atomic E-state index is 12.0. The second-order valence-electron chi connectivity index (χ2n) is 4.78. The molecule has 6 nitrogen and oxygen atoms in total. The highest BCUT2D eigenvalue weighted by molar-refractivity contribution is 8.00. The summed E-state index contributed by atoms with van der Waals surface area (Å²) in [6.45, 7) is 0.381. The maximum absolute atomic E-state index is 12.0. The van der Waals surface area contributed by atoms with Crippen molar-refractivity contribution in [3.05, 3.63) is 42.2 Å². The number of amides is 1. The largest absolute Gasteiger partial charge is 0.493 e. The van der Waals surface area contributed by atoms with E-state index in [4.69, 9.17) is 14.2 Å². The van der Waals surface area contributed by atoms with Gasteiger partial charge in [0.1, 0.15) is 0 Å². The van der Waals surface area contributed by atoms with Crippen molar-refractivity contribution in [2.75, 3.05) is 27.1 Å². The van der Waals surface area contributed by atoms with Crippen LogP contribution in [0.2, 0.25) is 0 Å². The number of ether oxygens (including phenoxy) is 3. The van der Waals surface area contributed by atoms with Crippen molar-refractivity contribution in [3.8, 4) is 17.2 Å². The molecule has 128 valence electrons. The number of benzene rings is 1. The van der Waals surface area contributed by atoms with Gasteiger partial charge in [0.25, 0.3) is 0 Å². The molecule has 0 unspecified atom stereocenters. The summed E-state index contributed by atoms with van der Waals surface area (Å²) in [5.41, 5.74) is 0.867. The van der Waals surface area contributed by atoms with Crippen molar-refractivity contribution in [2.45, 2.75) is 11.4 Å². The third kappa shape index (κ3) is 4.79. The smallest absolute Gasteiger partial charge is 0.230 e. The minimum atomic E-state index is -0.0504. The lowest BCUT2D eigenvalue weighted by Crippen LogP contribution is -2.24. The first kappa shape index (κ1) is 17.9. The van der Waals surface area contributed by atoms with Crippen molar-refractivity contribution in [2.24, 2.45) is 0 Å². The highest BCUT2D eigenvalue weighted by atomic mass is 32.2. The number of thioether (sulfide) groups is 1. The van der Waals surface area contributed by atoms with Gasteiger partial charge in [0.15, 0.2) is 11.5 Å². The SMILES string of the molecule is COc1cc(CNC(=O)CSc2ccncc2)cc(OC)c1OC. The van der Waals surface area contributed by atoms with Crippen LogP contribution in [-0.2, 0) is 11.3 Å². The van der Waals surface area contributed by atoms with Gasteiger partial charge in [-0.1, -0.05) is 0 Å². The Morgan fingerprint density at radius 3 is 2.25 bits per heavy atom. The summed E-state index contributed by atoms with van der Waals surface area (Å²) in [5.74, 6) is 1.95. The number of nitrogens with zero attached hydrogens (tertiary/aromatic N) is 1. The van der Waals surface area contributed by atoms with Gasteiger partial charge in [-0.2, -0.15) is 0 Å². The first-order valence-electron chi connectivity index (χ1n) is 7.26. The van der Waals surface area contributed by atoms with Crippen molar-refractivity contribution in [3.63, 3.8) is 0 Å². The van der Waals surface area contributed by atoms with E-state index in [-0.39, 0.29) is 5.91 Å². The lowest BCUT2D eigenvalue weighted by atomic mass is 10.2. The molecule has 0 saturated carbocycles. The van der Waals surface area contributed by atoms with E-state index in [2.05, 4.69) is 10.3 Å². The summed E-state index contributed by atoms with van der Waals surface area (Å²) in [5, 5.41) is 2.88. The highest BCUT2D eigenvalue weighted by Crippen LogP contribution is 2.38. The molecule has 1 N–H and O–H groups in total. The van der Waals surface area contributed by atoms with Crippen LogP contribution in [0.5, 0.6) is 17.2 Å². The minimum absolute atomic E-state index is 0.0504. The monoisotopic (exact) mass is 348 g/mol. The van der Waals surface area contributed by atoms with Gasteiger partial charge in [0.05, 0.1) is 27.1 Å². The lowest BCUT2D eigenvalue weighted by molar-refractivity contribution is -0.118. The zero-order valence-electron chi connectivity index (χ0n) is 13.9. The summed E-state index contributed by atoms with van der Waals surface area (Å²) < 4.78 is 15.9. The number of rotatable bonds is 8. The van der Waals surface area contributed by atoms with E-state index in [1.165, 1.54) is 11.8 Å². The summed E-state index contributed by atoms with van der Waals surface area (Å²) in [6, 6.07) is 7.38. The molecule has 1 aromatic carbocycles. The molecule has 0 saturated heterocycles. The Balaban J connectivity index is 1.94.